The van der Waals surface area contributed by atoms with E-state index in [1.54, 1.807) is 6.92 Å². The van der Waals surface area contributed by atoms with Gasteiger partial charge in [-0.15, -0.1) is 0 Å². The van der Waals surface area contributed by atoms with Gasteiger partial charge in [-0.05, 0) is 67.2 Å². The van der Waals surface area contributed by atoms with Gasteiger partial charge in [0.25, 0.3) is 11.6 Å². The monoisotopic (exact) mass is 566 g/mol. The molecule has 0 heterocycles. The summed E-state index contributed by atoms with van der Waals surface area (Å²) in [7, 11) is 0. The Bertz CT molecular complexity index is 743. The summed E-state index contributed by atoms with van der Waals surface area (Å²) < 4.78 is 6.80. The molecule has 1 aromatic carbocycles. The molecule has 0 fully saturated rings. The number of hydrogen-bond acceptors (Lipinski definition) is 5. The van der Waals surface area contributed by atoms with E-state index in [9.17, 15) is 19.2 Å². The summed E-state index contributed by atoms with van der Waals surface area (Å²) in [4.78, 5) is 49.0. The minimum absolute atomic E-state index is 0.0227. The molecule has 27 heavy (non-hydrogen) atoms. The number of unbranched alkanes of at least 4 members (excludes halogenated alkanes) is 4. The van der Waals surface area contributed by atoms with Crippen molar-refractivity contribution in [3.8, 4) is 5.75 Å². The van der Waals surface area contributed by atoms with Gasteiger partial charge >= 0.3 is 0 Å². The molecule has 0 aliphatic heterocycles. The predicted octanol–water partition coefficient (Wildman–Crippen LogP) is 5.62. The average molecular weight is 569 g/mol. The molecule has 0 spiro atoms. The molecule has 8 heteroatoms. The Hall–Kier alpha value is -0.860. The van der Waals surface area contributed by atoms with Gasteiger partial charge in [-0.3, -0.25) is 19.2 Å². The highest BCUT2D eigenvalue weighted by molar-refractivity contribution is 9.14. The Morgan fingerprint density at radius 2 is 1.52 bits per heavy atom. The van der Waals surface area contributed by atoms with Crippen LogP contribution in [-0.4, -0.2) is 29.7 Å². The van der Waals surface area contributed by atoms with Crippen molar-refractivity contribution in [3.05, 3.63) is 25.0 Å². The zero-order valence-corrected chi connectivity index (χ0v) is 20.0. The zero-order chi connectivity index (χ0) is 20.6. The first kappa shape index (κ1) is 24.2. The van der Waals surface area contributed by atoms with Gasteiger partial charge in [0.05, 0.1) is 12.2 Å². The molecule has 1 aromatic rings. The van der Waals surface area contributed by atoms with E-state index in [1.165, 1.54) is 6.07 Å². The van der Waals surface area contributed by atoms with Crippen LogP contribution in [0.15, 0.2) is 19.5 Å². The highest BCUT2D eigenvalue weighted by atomic mass is 79.9. The van der Waals surface area contributed by atoms with E-state index in [2.05, 4.69) is 54.7 Å². The topological polar surface area (TPSA) is 77.5 Å². The maximum atomic E-state index is 12.6. The van der Waals surface area contributed by atoms with Crippen molar-refractivity contribution >= 4 is 70.9 Å². The maximum absolute atomic E-state index is 12.6. The SMILES string of the molecule is CCCCCCCC(=O)C(=O)C(=O)C(=O)c1c(OCC)cc(Br)c(Br)c1Br. The summed E-state index contributed by atoms with van der Waals surface area (Å²) in [6.07, 6.45) is 4.43. The third-order valence-electron chi connectivity index (χ3n) is 3.83. The average Bonchev–Trinajstić information content (AvgIpc) is 2.64. The molecule has 148 valence electrons. The molecule has 0 bridgehead atoms. The first-order chi connectivity index (χ1) is 12.8. The number of ketones is 4. The van der Waals surface area contributed by atoms with Gasteiger partial charge in [-0.25, -0.2) is 0 Å². The fourth-order valence-electron chi connectivity index (χ4n) is 2.40. The van der Waals surface area contributed by atoms with Gasteiger partial charge < -0.3 is 4.74 Å². The molecule has 1 rings (SSSR count). The van der Waals surface area contributed by atoms with Crippen LogP contribution < -0.4 is 4.74 Å². The smallest absolute Gasteiger partial charge is 0.277 e. The van der Waals surface area contributed by atoms with Gasteiger partial charge in [-0.1, -0.05) is 32.6 Å². The number of ether oxygens (including phenoxy) is 1. The van der Waals surface area contributed by atoms with Crippen molar-refractivity contribution in [2.24, 2.45) is 0 Å². The summed E-state index contributed by atoms with van der Waals surface area (Å²) in [5.41, 5.74) is -0.0824. The fourth-order valence-corrected chi connectivity index (χ4v) is 3.97. The van der Waals surface area contributed by atoms with Crippen LogP contribution in [0.3, 0.4) is 0 Å². The summed E-state index contributed by atoms with van der Waals surface area (Å²) in [5.74, 6) is -4.36. The van der Waals surface area contributed by atoms with Crippen molar-refractivity contribution in [3.63, 3.8) is 0 Å². The summed E-state index contributed by atoms with van der Waals surface area (Å²) >= 11 is 9.85. The third-order valence-corrected chi connectivity index (χ3v) is 7.13. The zero-order valence-electron chi connectivity index (χ0n) is 15.2. The quantitative estimate of drug-likeness (QED) is 0.107. The lowest BCUT2D eigenvalue weighted by Crippen LogP contribution is -2.31. The number of rotatable bonds is 12. The minimum atomic E-state index is -1.34. The number of carbonyl (C=O) groups is 4. The van der Waals surface area contributed by atoms with E-state index >= 15 is 0 Å². The fraction of sp³-hybridized carbons (Fsp3) is 0.474. The van der Waals surface area contributed by atoms with E-state index in [4.69, 9.17) is 4.74 Å². The maximum Gasteiger partial charge on any atom is 0.277 e. The second kappa shape index (κ2) is 11.9. The lowest BCUT2D eigenvalue weighted by Gasteiger charge is -2.13. The second-order valence-corrected chi connectivity index (χ2v) is 8.31. The Morgan fingerprint density at radius 1 is 0.889 bits per heavy atom. The third kappa shape index (κ3) is 6.61. The molecule has 0 unspecified atom stereocenters. The molecular weight excluding hydrogens is 548 g/mol. The largest absolute Gasteiger partial charge is 0.493 e. The van der Waals surface area contributed by atoms with Crippen LogP contribution in [0.1, 0.15) is 62.7 Å². The molecule has 0 saturated heterocycles. The molecule has 5 nitrogen and oxygen atoms in total. The van der Waals surface area contributed by atoms with Crippen LogP contribution in [0.25, 0.3) is 0 Å². The lowest BCUT2D eigenvalue weighted by molar-refractivity contribution is -0.142. The number of Topliss-reactive ketones (excluding diaryl/α,β-unsaturated/α-hetero) is 4. The number of halogens is 3. The summed E-state index contributed by atoms with van der Waals surface area (Å²) in [5, 5.41) is 0. The van der Waals surface area contributed by atoms with Crippen molar-refractivity contribution in [2.75, 3.05) is 6.61 Å². The number of benzene rings is 1. The lowest BCUT2D eigenvalue weighted by atomic mass is 9.99. The molecule has 0 N–H and O–H groups in total. The molecule has 0 aliphatic carbocycles. The summed E-state index contributed by atoms with van der Waals surface area (Å²) in [6.45, 7) is 4.07. The Kier molecular flexibility index (Phi) is 10.6. The molecule has 0 saturated carbocycles. The van der Waals surface area contributed by atoms with Crippen molar-refractivity contribution in [1.29, 1.82) is 0 Å². The van der Waals surface area contributed by atoms with E-state index in [1.807, 2.05) is 0 Å². The molecule has 0 radical (unpaired) electrons. The second-order valence-electron chi connectivity index (χ2n) is 5.87. The van der Waals surface area contributed by atoms with Crippen LogP contribution in [0.2, 0.25) is 0 Å². The Morgan fingerprint density at radius 3 is 2.11 bits per heavy atom. The van der Waals surface area contributed by atoms with Gasteiger partial charge in [0.2, 0.25) is 11.6 Å². The van der Waals surface area contributed by atoms with Crippen molar-refractivity contribution in [2.45, 2.75) is 52.4 Å². The molecule has 0 atom stereocenters. The van der Waals surface area contributed by atoms with Crippen LogP contribution in [0.4, 0.5) is 0 Å². The van der Waals surface area contributed by atoms with Gasteiger partial charge in [0, 0.05) is 19.8 Å². The van der Waals surface area contributed by atoms with Crippen LogP contribution in [0, 0.1) is 0 Å². The highest BCUT2D eigenvalue weighted by Gasteiger charge is 2.33. The van der Waals surface area contributed by atoms with Crippen LogP contribution in [-0.2, 0) is 14.4 Å². The summed E-state index contributed by atoms with van der Waals surface area (Å²) in [6, 6.07) is 1.53. The van der Waals surface area contributed by atoms with Crippen molar-refractivity contribution < 1.29 is 23.9 Å². The van der Waals surface area contributed by atoms with Gasteiger partial charge in [0.15, 0.2) is 0 Å². The predicted molar refractivity (Wildman–Crippen MR) is 113 cm³/mol. The number of carbonyl (C=O) groups excluding carboxylic acids is 4. The molecule has 0 aromatic heterocycles. The van der Waals surface area contributed by atoms with E-state index in [0.717, 1.165) is 25.7 Å². The molecule has 0 amide bonds. The Labute approximate surface area is 184 Å². The van der Waals surface area contributed by atoms with E-state index in [-0.39, 0.29) is 28.8 Å². The highest BCUT2D eigenvalue weighted by Crippen LogP contribution is 2.39. The van der Waals surface area contributed by atoms with E-state index < -0.39 is 23.1 Å². The first-order valence-electron chi connectivity index (χ1n) is 8.72. The number of hydrogen-bond donors (Lipinski definition) is 0. The normalized spacial score (nSPS) is 10.6. The molecular formula is C19H21Br3O5. The van der Waals surface area contributed by atoms with Gasteiger partial charge in [-0.2, -0.15) is 0 Å². The van der Waals surface area contributed by atoms with Gasteiger partial charge in [0.1, 0.15) is 5.75 Å². The molecule has 0 aliphatic rings. The Balaban J connectivity index is 2.95. The van der Waals surface area contributed by atoms with Crippen LogP contribution >= 0.6 is 47.8 Å². The standard InChI is InChI=1S/C19H21Br3O5/c1-3-5-6-7-8-9-12(23)17(24)19(26)18(25)14-13(27-4-2)10-11(20)15(21)16(14)22/h10H,3-9H2,1-2H3. The van der Waals surface area contributed by atoms with E-state index in [0.29, 0.717) is 15.4 Å². The van der Waals surface area contributed by atoms with Crippen LogP contribution in [0.5, 0.6) is 5.75 Å². The first-order valence-corrected chi connectivity index (χ1v) is 11.1. The minimum Gasteiger partial charge on any atom is -0.493 e. The van der Waals surface area contributed by atoms with Crippen molar-refractivity contribution in [1.82, 2.24) is 0 Å².